The van der Waals surface area contributed by atoms with Crippen LogP contribution in [0.2, 0.25) is 0 Å². The van der Waals surface area contributed by atoms with Crippen molar-refractivity contribution in [3.8, 4) is 5.75 Å². The van der Waals surface area contributed by atoms with Crippen molar-refractivity contribution >= 4 is 28.5 Å². The Balaban J connectivity index is 1.83. The Bertz CT molecular complexity index is 515. The van der Waals surface area contributed by atoms with Crippen molar-refractivity contribution in [2.75, 3.05) is 6.54 Å². The summed E-state index contributed by atoms with van der Waals surface area (Å²) in [6.07, 6.45) is 7.35. The number of benzene rings is 1. The fourth-order valence-electron chi connectivity index (χ4n) is 3.69. The summed E-state index contributed by atoms with van der Waals surface area (Å²) in [5, 5.41) is 9.80. The molecule has 0 spiro atoms. The minimum absolute atomic E-state index is 0.0910. The topological polar surface area (TPSA) is 40.5 Å². The number of piperidine rings is 1. The summed E-state index contributed by atoms with van der Waals surface area (Å²) >= 11 is 2.07. The maximum absolute atomic E-state index is 12.7. The highest BCUT2D eigenvalue weighted by Gasteiger charge is 2.35. The number of amides is 1. The molecule has 2 fully saturated rings. The number of halogens is 1. The zero-order chi connectivity index (χ0) is 14.1. The van der Waals surface area contributed by atoms with Gasteiger partial charge in [0.2, 0.25) is 0 Å². The minimum Gasteiger partial charge on any atom is -0.507 e. The molecule has 2 aliphatic rings. The van der Waals surface area contributed by atoms with Gasteiger partial charge >= 0.3 is 0 Å². The second-order valence-corrected chi connectivity index (χ2v) is 7.08. The number of rotatable bonds is 1. The maximum atomic E-state index is 12.7. The first-order chi connectivity index (χ1) is 9.66. The molecule has 4 heteroatoms. The number of likely N-dealkylation sites (tertiary alicyclic amines) is 1. The molecule has 1 heterocycles. The number of phenols is 1. The van der Waals surface area contributed by atoms with Crippen molar-refractivity contribution in [1.29, 1.82) is 0 Å². The van der Waals surface area contributed by atoms with E-state index in [1.165, 1.54) is 25.7 Å². The van der Waals surface area contributed by atoms with E-state index in [1.807, 2.05) is 12.1 Å². The molecule has 0 bridgehead atoms. The molecule has 1 saturated heterocycles. The molecule has 0 radical (unpaired) electrons. The van der Waals surface area contributed by atoms with E-state index in [-0.39, 0.29) is 11.7 Å². The SMILES string of the molecule is O=C(c1ccc(I)c(O)c1)N1CCC[C@H]2CCCC[C@H]21. The monoisotopic (exact) mass is 385 g/mol. The van der Waals surface area contributed by atoms with E-state index >= 15 is 0 Å². The molecule has 3 rings (SSSR count). The predicted octanol–water partition coefficient (Wildman–Crippen LogP) is 3.79. The van der Waals surface area contributed by atoms with Crippen molar-refractivity contribution < 1.29 is 9.90 Å². The Morgan fingerprint density at radius 2 is 1.95 bits per heavy atom. The highest BCUT2D eigenvalue weighted by atomic mass is 127. The lowest BCUT2D eigenvalue weighted by molar-refractivity contribution is 0.0390. The average molecular weight is 385 g/mol. The number of nitrogens with zero attached hydrogens (tertiary/aromatic N) is 1. The zero-order valence-corrected chi connectivity index (χ0v) is 13.7. The molecule has 1 saturated carbocycles. The van der Waals surface area contributed by atoms with Crippen LogP contribution in [0.25, 0.3) is 0 Å². The Labute approximate surface area is 133 Å². The second-order valence-electron chi connectivity index (χ2n) is 5.92. The number of hydrogen-bond donors (Lipinski definition) is 1. The van der Waals surface area contributed by atoms with Gasteiger partial charge in [-0.15, -0.1) is 0 Å². The number of fused-ring (bicyclic) bond motifs is 1. The average Bonchev–Trinajstić information content (AvgIpc) is 2.49. The third-order valence-corrected chi connectivity index (χ3v) is 5.61. The summed E-state index contributed by atoms with van der Waals surface area (Å²) < 4.78 is 0.785. The van der Waals surface area contributed by atoms with E-state index in [9.17, 15) is 9.90 Å². The van der Waals surface area contributed by atoms with Gasteiger partial charge in [-0.05, 0) is 72.4 Å². The lowest BCUT2D eigenvalue weighted by atomic mass is 9.78. The van der Waals surface area contributed by atoms with Crippen LogP contribution < -0.4 is 0 Å². The Kier molecular flexibility index (Phi) is 4.19. The van der Waals surface area contributed by atoms with Gasteiger partial charge in [-0.3, -0.25) is 4.79 Å². The fraction of sp³-hybridized carbons (Fsp3) is 0.562. The van der Waals surface area contributed by atoms with E-state index in [4.69, 9.17) is 0 Å². The quantitative estimate of drug-likeness (QED) is 0.748. The molecule has 1 aliphatic carbocycles. The fourth-order valence-corrected chi connectivity index (χ4v) is 4.02. The van der Waals surface area contributed by atoms with Crippen molar-refractivity contribution in [1.82, 2.24) is 4.90 Å². The molecule has 2 atom stereocenters. The van der Waals surface area contributed by atoms with Gasteiger partial charge in [0, 0.05) is 18.2 Å². The highest BCUT2D eigenvalue weighted by Crippen LogP contribution is 2.36. The smallest absolute Gasteiger partial charge is 0.254 e. The van der Waals surface area contributed by atoms with E-state index in [0.717, 1.165) is 23.0 Å². The van der Waals surface area contributed by atoms with Crippen molar-refractivity contribution in [3.05, 3.63) is 27.3 Å². The molecule has 3 nitrogen and oxygen atoms in total. The molecule has 1 amide bonds. The summed E-state index contributed by atoms with van der Waals surface area (Å²) in [6.45, 7) is 0.868. The molecule has 108 valence electrons. The first-order valence-electron chi connectivity index (χ1n) is 7.46. The summed E-state index contributed by atoms with van der Waals surface area (Å²) in [6, 6.07) is 5.67. The number of phenolic OH excluding ortho intramolecular Hbond substituents is 1. The lowest BCUT2D eigenvalue weighted by Gasteiger charge is -2.44. The van der Waals surface area contributed by atoms with Crippen LogP contribution in [0.4, 0.5) is 0 Å². The van der Waals surface area contributed by atoms with Gasteiger partial charge in [0.25, 0.3) is 5.91 Å². The maximum Gasteiger partial charge on any atom is 0.254 e. The largest absolute Gasteiger partial charge is 0.507 e. The molecule has 20 heavy (non-hydrogen) atoms. The third-order valence-electron chi connectivity index (χ3n) is 4.70. The van der Waals surface area contributed by atoms with Crippen LogP contribution in [-0.4, -0.2) is 28.5 Å². The van der Waals surface area contributed by atoms with Crippen LogP contribution in [0.3, 0.4) is 0 Å². The van der Waals surface area contributed by atoms with E-state index < -0.39 is 0 Å². The summed E-state index contributed by atoms with van der Waals surface area (Å²) in [5.74, 6) is 0.987. The van der Waals surface area contributed by atoms with Gasteiger partial charge in [0.05, 0.1) is 3.57 Å². The van der Waals surface area contributed by atoms with Gasteiger partial charge in [-0.2, -0.15) is 0 Å². The van der Waals surface area contributed by atoms with Crippen LogP contribution in [0.5, 0.6) is 5.75 Å². The Hall–Kier alpha value is -0.780. The van der Waals surface area contributed by atoms with Crippen LogP contribution in [-0.2, 0) is 0 Å². The number of hydrogen-bond acceptors (Lipinski definition) is 2. The molecular formula is C16H20INO2. The normalized spacial score (nSPS) is 26.1. The standard InChI is InChI=1S/C16H20INO2/c17-13-8-7-12(10-15(13)19)16(20)18-9-3-5-11-4-1-2-6-14(11)18/h7-8,10-11,14,19H,1-6,9H2/t11-,14-/m1/s1. The van der Waals surface area contributed by atoms with E-state index in [2.05, 4.69) is 27.5 Å². The number of aromatic hydroxyl groups is 1. The first-order valence-corrected chi connectivity index (χ1v) is 8.54. The van der Waals surface area contributed by atoms with Gasteiger partial charge < -0.3 is 10.0 Å². The van der Waals surface area contributed by atoms with Crippen LogP contribution in [0.15, 0.2) is 18.2 Å². The van der Waals surface area contributed by atoms with Gasteiger partial charge in [-0.25, -0.2) is 0 Å². The molecule has 1 aliphatic heterocycles. The van der Waals surface area contributed by atoms with Crippen LogP contribution >= 0.6 is 22.6 Å². The van der Waals surface area contributed by atoms with E-state index in [1.54, 1.807) is 6.07 Å². The minimum atomic E-state index is 0.0910. The molecule has 1 N–H and O–H groups in total. The molecular weight excluding hydrogens is 365 g/mol. The molecule has 1 aromatic rings. The Morgan fingerprint density at radius 1 is 1.20 bits per heavy atom. The lowest BCUT2D eigenvalue weighted by Crippen LogP contribution is -2.49. The van der Waals surface area contributed by atoms with Crippen LogP contribution in [0.1, 0.15) is 48.9 Å². The molecule has 0 aromatic heterocycles. The van der Waals surface area contributed by atoms with Crippen molar-refractivity contribution in [2.45, 2.75) is 44.6 Å². The number of carbonyl (C=O) groups excluding carboxylic acids is 1. The number of carbonyl (C=O) groups is 1. The van der Waals surface area contributed by atoms with Gasteiger partial charge in [0.1, 0.15) is 5.75 Å². The van der Waals surface area contributed by atoms with E-state index in [0.29, 0.717) is 17.5 Å². The second kappa shape index (κ2) is 5.92. The summed E-state index contributed by atoms with van der Waals surface area (Å²) in [4.78, 5) is 14.8. The van der Waals surface area contributed by atoms with Crippen molar-refractivity contribution in [2.24, 2.45) is 5.92 Å². The van der Waals surface area contributed by atoms with Gasteiger partial charge in [-0.1, -0.05) is 12.8 Å². The van der Waals surface area contributed by atoms with Crippen molar-refractivity contribution in [3.63, 3.8) is 0 Å². The third kappa shape index (κ3) is 2.67. The highest BCUT2D eigenvalue weighted by molar-refractivity contribution is 14.1. The first kappa shape index (κ1) is 14.2. The van der Waals surface area contributed by atoms with Crippen LogP contribution in [0, 0.1) is 9.49 Å². The summed E-state index contributed by atoms with van der Waals surface area (Å²) in [7, 11) is 0. The molecule has 0 unspecified atom stereocenters. The van der Waals surface area contributed by atoms with Gasteiger partial charge in [0.15, 0.2) is 0 Å². The summed E-state index contributed by atoms with van der Waals surface area (Å²) in [5.41, 5.74) is 0.620. The zero-order valence-electron chi connectivity index (χ0n) is 11.5. The Morgan fingerprint density at radius 3 is 2.75 bits per heavy atom. The molecule has 1 aromatic carbocycles. The predicted molar refractivity (Wildman–Crippen MR) is 86.8 cm³/mol.